The van der Waals surface area contributed by atoms with Crippen LogP contribution in [0, 0.1) is 0 Å². The third-order valence-electron chi connectivity index (χ3n) is 5.07. The smallest absolute Gasteiger partial charge is 0.412 e. The number of hydrogen-bond acceptors (Lipinski definition) is 8. The van der Waals surface area contributed by atoms with Gasteiger partial charge in [0, 0.05) is 17.1 Å². The average molecular weight is 424 g/mol. The van der Waals surface area contributed by atoms with Crippen molar-refractivity contribution in [2.45, 2.75) is 24.4 Å². The monoisotopic (exact) mass is 424 g/mol. The summed E-state index contributed by atoms with van der Waals surface area (Å²) in [4.78, 5) is 21.1. The Morgan fingerprint density at radius 3 is 2.80 bits per heavy atom. The second-order valence-electron chi connectivity index (χ2n) is 7.06. The molecule has 4 atom stereocenters. The van der Waals surface area contributed by atoms with E-state index in [2.05, 4.69) is 20.6 Å². The van der Waals surface area contributed by atoms with E-state index >= 15 is 0 Å². The quantitative estimate of drug-likeness (QED) is 0.648. The molecule has 0 aliphatic carbocycles. The lowest BCUT2D eigenvalue weighted by molar-refractivity contribution is 0.00917. The Balaban J connectivity index is 1.21. The molecule has 154 valence electrons. The number of anilines is 2. The molecule has 2 N–H and O–H groups in total. The van der Waals surface area contributed by atoms with Crippen LogP contribution in [-0.2, 0) is 14.2 Å². The summed E-state index contributed by atoms with van der Waals surface area (Å²) in [5.74, 6) is 0.508. The second kappa shape index (κ2) is 8.39. The minimum absolute atomic E-state index is 0.130. The van der Waals surface area contributed by atoms with Crippen molar-refractivity contribution >= 4 is 29.1 Å². The summed E-state index contributed by atoms with van der Waals surface area (Å²) in [7, 11) is 0. The Morgan fingerprint density at radius 1 is 1.10 bits per heavy atom. The highest BCUT2D eigenvalue weighted by Gasteiger charge is 2.49. The van der Waals surface area contributed by atoms with E-state index in [1.54, 1.807) is 6.20 Å². The molecule has 0 bridgehead atoms. The first-order valence-electron chi connectivity index (χ1n) is 9.64. The predicted octanol–water partition coefficient (Wildman–Crippen LogP) is 3.40. The molecule has 5 rings (SSSR count). The summed E-state index contributed by atoms with van der Waals surface area (Å²) >= 11 is 1.50. The first-order chi connectivity index (χ1) is 14.8. The van der Waals surface area contributed by atoms with Crippen LogP contribution in [0.3, 0.4) is 0 Å². The van der Waals surface area contributed by atoms with Gasteiger partial charge in [-0.05, 0) is 17.5 Å². The zero-order valence-electron chi connectivity index (χ0n) is 15.9. The van der Waals surface area contributed by atoms with Crippen LogP contribution in [-0.4, -0.2) is 53.6 Å². The SMILES string of the molecule is O=C(Nc1ccsc1)O[C@@H]1CO[C@H]2[C@@H]1OC[C@@H]2Nc1nccc(-c2ccccc2)n1. The van der Waals surface area contributed by atoms with Gasteiger partial charge in [-0.25, -0.2) is 14.8 Å². The number of hydrogen-bond donors (Lipinski definition) is 2. The van der Waals surface area contributed by atoms with Crippen LogP contribution in [0.2, 0.25) is 0 Å². The largest absolute Gasteiger partial charge is 0.441 e. The molecule has 0 saturated carbocycles. The van der Waals surface area contributed by atoms with Crippen LogP contribution in [0.15, 0.2) is 59.4 Å². The van der Waals surface area contributed by atoms with Crippen LogP contribution in [0.4, 0.5) is 16.4 Å². The highest BCUT2D eigenvalue weighted by Crippen LogP contribution is 2.31. The highest BCUT2D eigenvalue weighted by molar-refractivity contribution is 7.08. The molecule has 2 aromatic heterocycles. The summed E-state index contributed by atoms with van der Waals surface area (Å²) in [5, 5.41) is 9.73. The molecule has 30 heavy (non-hydrogen) atoms. The number of nitrogens with zero attached hydrogens (tertiary/aromatic N) is 2. The number of rotatable bonds is 5. The van der Waals surface area contributed by atoms with Crippen molar-refractivity contribution in [1.29, 1.82) is 0 Å². The van der Waals surface area contributed by atoms with Crippen molar-refractivity contribution in [3.05, 3.63) is 59.4 Å². The molecule has 2 aliphatic heterocycles. The Kier molecular flexibility index (Phi) is 5.31. The number of benzene rings is 1. The summed E-state index contributed by atoms with van der Waals surface area (Å²) in [5.41, 5.74) is 2.57. The van der Waals surface area contributed by atoms with Gasteiger partial charge in [-0.15, -0.1) is 0 Å². The van der Waals surface area contributed by atoms with Gasteiger partial charge in [0.05, 0.1) is 30.6 Å². The number of nitrogens with one attached hydrogen (secondary N) is 2. The van der Waals surface area contributed by atoms with Gasteiger partial charge < -0.3 is 19.5 Å². The van der Waals surface area contributed by atoms with Crippen molar-refractivity contribution in [3.63, 3.8) is 0 Å². The molecule has 0 spiro atoms. The predicted molar refractivity (Wildman–Crippen MR) is 113 cm³/mol. The first-order valence-corrected chi connectivity index (χ1v) is 10.6. The molecule has 2 aliphatic rings. The number of amides is 1. The minimum atomic E-state index is -0.512. The summed E-state index contributed by atoms with van der Waals surface area (Å²) < 4.78 is 17.3. The van der Waals surface area contributed by atoms with Crippen molar-refractivity contribution in [2.75, 3.05) is 23.8 Å². The lowest BCUT2D eigenvalue weighted by Crippen LogP contribution is -2.38. The molecule has 4 heterocycles. The van der Waals surface area contributed by atoms with Gasteiger partial charge in [0.25, 0.3) is 0 Å². The summed E-state index contributed by atoms with van der Waals surface area (Å²) in [6.45, 7) is 0.704. The highest BCUT2D eigenvalue weighted by atomic mass is 32.1. The van der Waals surface area contributed by atoms with Gasteiger partial charge >= 0.3 is 6.09 Å². The first kappa shape index (κ1) is 19.0. The van der Waals surface area contributed by atoms with Crippen molar-refractivity contribution in [2.24, 2.45) is 0 Å². The average Bonchev–Trinajstić information content (AvgIpc) is 3.50. The van der Waals surface area contributed by atoms with Crippen LogP contribution < -0.4 is 10.6 Å². The van der Waals surface area contributed by atoms with E-state index in [-0.39, 0.29) is 24.9 Å². The molecule has 1 aromatic carbocycles. The van der Waals surface area contributed by atoms with Gasteiger partial charge in [0.1, 0.15) is 12.2 Å². The Labute approximate surface area is 177 Å². The summed E-state index contributed by atoms with van der Waals surface area (Å²) in [6, 6.07) is 13.5. The van der Waals surface area contributed by atoms with E-state index in [9.17, 15) is 4.79 Å². The van der Waals surface area contributed by atoms with E-state index in [1.165, 1.54) is 11.3 Å². The van der Waals surface area contributed by atoms with E-state index in [0.29, 0.717) is 18.2 Å². The number of fused-ring (bicyclic) bond motifs is 1. The molecule has 3 aromatic rings. The zero-order valence-corrected chi connectivity index (χ0v) is 16.7. The van der Waals surface area contributed by atoms with Crippen molar-refractivity contribution in [1.82, 2.24) is 9.97 Å². The molecular weight excluding hydrogens is 404 g/mol. The fourth-order valence-corrected chi connectivity index (χ4v) is 4.26. The van der Waals surface area contributed by atoms with E-state index in [4.69, 9.17) is 14.2 Å². The van der Waals surface area contributed by atoms with Crippen LogP contribution >= 0.6 is 11.3 Å². The Morgan fingerprint density at radius 2 is 1.97 bits per heavy atom. The molecule has 9 heteroatoms. The lowest BCUT2D eigenvalue weighted by Gasteiger charge is -2.18. The number of carbonyl (C=O) groups is 1. The molecule has 0 unspecified atom stereocenters. The maximum Gasteiger partial charge on any atom is 0.412 e. The second-order valence-corrected chi connectivity index (χ2v) is 7.84. The minimum Gasteiger partial charge on any atom is -0.441 e. The topological polar surface area (TPSA) is 94.6 Å². The van der Waals surface area contributed by atoms with Gasteiger partial charge in [-0.1, -0.05) is 30.3 Å². The van der Waals surface area contributed by atoms with Gasteiger partial charge in [0.15, 0.2) is 6.10 Å². The molecular formula is C21H20N4O4S. The van der Waals surface area contributed by atoms with Crippen LogP contribution in [0.25, 0.3) is 11.3 Å². The molecule has 2 saturated heterocycles. The van der Waals surface area contributed by atoms with E-state index < -0.39 is 12.2 Å². The maximum atomic E-state index is 12.1. The summed E-state index contributed by atoms with van der Waals surface area (Å²) in [6.07, 6.45) is 0.181. The standard InChI is InChI=1S/C21H20N4O4S/c26-21(23-14-7-9-30-12-14)29-17-11-28-18-16(10-27-19(17)18)25-20-22-8-6-15(24-20)13-4-2-1-3-5-13/h1-9,12,16-19H,10-11H2,(H,23,26)(H,22,24,25)/t16-,17+,18+,19+/m0/s1. The van der Waals surface area contributed by atoms with Crippen molar-refractivity contribution < 1.29 is 19.0 Å². The molecule has 8 nitrogen and oxygen atoms in total. The van der Waals surface area contributed by atoms with Gasteiger partial charge in [-0.3, -0.25) is 5.32 Å². The van der Waals surface area contributed by atoms with Crippen LogP contribution in [0.5, 0.6) is 0 Å². The number of aromatic nitrogens is 2. The van der Waals surface area contributed by atoms with Crippen molar-refractivity contribution in [3.8, 4) is 11.3 Å². The lowest BCUT2D eigenvalue weighted by atomic mass is 10.1. The Bertz CT molecular complexity index is 1000. The molecule has 0 radical (unpaired) electrons. The van der Waals surface area contributed by atoms with E-state index in [1.807, 2.05) is 53.2 Å². The van der Waals surface area contributed by atoms with Gasteiger partial charge in [-0.2, -0.15) is 11.3 Å². The van der Waals surface area contributed by atoms with E-state index in [0.717, 1.165) is 11.3 Å². The third-order valence-corrected chi connectivity index (χ3v) is 5.76. The maximum absolute atomic E-state index is 12.1. The molecule has 2 fully saturated rings. The third kappa shape index (κ3) is 4.00. The van der Waals surface area contributed by atoms with Gasteiger partial charge in [0.2, 0.25) is 5.95 Å². The Hall–Kier alpha value is -3.01. The number of carbonyl (C=O) groups excluding carboxylic acids is 1. The zero-order chi connectivity index (χ0) is 20.3. The number of ether oxygens (including phenoxy) is 3. The normalized spacial score (nSPS) is 24.9. The number of thiophene rings is 1. The molecule has 1 amide bonds. The fourth-order valence-electron chi connectivity index (χ4n) is 3.67. The van der Waals surface area contributed by atoms with Crippen LogP contribution in [0.1, 0.15) is 0 Å². The fraction of sp³-hybridized carbons (Fsp3) is 0.286.